The highest BCUT2D eigenvalue weighted by Crippen LogP contribution is 2.39. The summed E-state index contributed by atoms with van der Waals surface area (Å²) < 4.78 is 0. The fourth-order valence-corrected chi connectivity index (χ4v) is 3.37. The summed E-state index contributed by atoms with van der Waals surface area (Å²) in [5, 5.41) is 28.9. The normalized spacial score (nSPS) is 25.2. The van der Waals surface area contributed by atoms with E-state index in [1.807, 2.05) is 18.2 Å². The van der Waals surface area contributed by atoms with Crippen LogP contribution in [0.15, 0.2) is 36.5 Å². The maximum absolute atomic E-state index is 10.5. The lowest BCUT2D eigenvalue weighted by Gasteiger charge is -2.18. The number of carbonyl (C=O) groups is 1. The summed E-state index contributed by atoms with van der Waals surface area (Å²) in [5.74, 6) is -0.579. The smallest absolute Gasteiger partial charge is 0.303 e. The van der Waals surface area contributed by atoms with E-state index in [1.165, 1.54) is 0 Å². The molecule has 1 aliphatic carbocycles. The molecular formula is C21H34O4. The van der Waals surface area contributed by atoms with E-state index in [0.717, 1.165) is 44.1 Å². The average Bonchev–Trinajstić information content (AvgIpc) is 2.82. The lowest BCUT2D eigenvalue weighted by atomic mass is 9.89. The molecule has 0 saturated heterocycles. The molecule has 0 aliphatic heterocycles. The number of hydrogen-bond donors (Lipinski definition) is 3. The van der Waals surface area contributed by atoms with Gasteiger partial charge in [-0.05, 0) is 38.0 Å². The molecule has 0 heterocycles. The van der Waals surface area contributed by atoms with E-state index in [0.29, 0.717) is 12.8 Å². The van der Waals surface area contributed by atoms with Gasteiger partial charge in [0.2, 0.25) is 0 Å². The first kappa shape index (κ1) is 21.7. The van der Waals surface area contributed by atoms with Gasteiger partial charge in [0, 0.05) is 12.3 Å². The van der Waals surface area contributed by atoms with Gasteiger partial charge in [0.25, 0.3) is 0 Å². The molecule has 4 nitrogen and oxygen atoms in total. The Bertz CT molecular complexity index is 467. The lowest BCUT2D eigenvalue weighted by Crippen LogP contribution is -2.17. The summed E-state index contributed by atoms with van der Waals surface area (Å²) in [7, 11) is 0. The molecule has 25 heavy (non-hydrogen) atoms. The third-order valence-electron chi connectivity index (χ3n) is 4.88. The van der Waals surface area contributed by atoms with Gasteiger partial charge in [-0.1, -0.05) is 62.6 Å². The van der Waals surface area contributed by atoms with Crippen LogP contribution in [0.1, 0.15) is 64.7 Å². The molecule has 1 saturated carbocycles. The molecule has 4 atom stereocenters. The quantitative estimate of drug-likeness (QED) is 0.363. The molecule has 1 rings (SSSR count). The van der Waals surface area contributed by atoms with Crippen molar-refractivity contribution < 1.29 is 20.1 Å². The van der Waals surface area contributed by atoms with E-state index in [9.17, 15) is 15.0 Å². The third-order valence-corrected chi connectivity index (χ3v) is 4.88. The van der Waals surface area contributed by atoms with E-state index in [1.54, 1.807) is 0 Å². The van der Waals surface area contributed by atoms with Crippen molar-refractivity contribution >= 4 is 5.97 Å². The second-order valence-electron chi connectivity index (χ2n) is 7.05. The maximum atomic E-state index is 10.5. The number of allylic oxidation sites excluding steroid dienone is 2. The van der Waals surface area contributed by atoms with Crippen LogP contribution in [0.3, 0.4) is 0 Å². The van der Waals surface area contributed by atoms with Gasteiger partial charge in [-0.25, -0.2) is 0 Å². The molecule has 3 unspecified atom stereocenters. The summed E-state index contributed by atoms with van der Waals surface area (Å²) in [6.45, 7) is 6.24. The minimum Gasteiger partial charge on any atom is -0.481 e. The monoisotopic (exact) mass is 350 g/mol. The van der Waals surface area contributed by atoms with Gasteiger partial charge in [0.05, 0.1) is 12.2 Å². The first-order valence-electron chi connectivity index (χ1n) is 9.54. The highest BCUT2D eigenvalue weighted by atomic mass is 16.4. The Labute approximate surface area is 152 Å². The second-order valence-corrected chi connectivity index (χ2v) is 7.05. The van der Waals surface area contributed by atoms with Crippen molar-refractivity contribution in [2.45, 2.75) is 76.9 Å². The zero-order valence-corrected chi connectivity index (χ0v) is 15.4. The zero-order valence-electron chi connectivity index (χ0n) is 15.4. The van der Waals surface area contributed by atoms with E-state index in [4.69, 9.17) is 5.11 Å². The van der Waals surface area contributed by atoms with Crippen LogP contribution in [0.4, 0.5) is 0 Å². The zero-order chi connectivity index (χ0) is 18.7. The number of aliphatic hydroxyl groups is 2. The number of carboxylic acid groups (broad SMARTS) is 1. The fourth-order valence-electron chi connectivity index (χ4n) is 3.37. The minimum absolute atomic E-state index is 0.00278. The van der Waals surface area contributed by atoms with Crippen molar-refractivity contribution in [2.75, 3.05) is 0 Å². The van der Waals surface area contributed by atoms with Gasteiger partial charge in [0.1, 0.15) is 0 Å². The van der Waals surface area contributed by atoms with E-state index in [-0.39, 0.29) is 18.3 Å². The Balaban J connectivity index is 2.48. The summed E-state index contributed by atoms with van der Waals surface area (Å²) in [4.78, 5) is 10.5. The third kappa shape index (κ3) is 8.50. The largest absolute Gasteiger partial charge is 0.481 e. The highest BCUT2D eigenvalue weighted by Gasteiger charge is 2.35. The van der Waals surface area contributed by atoms with Crippen LogP contribution < -0.4 is 0 Å². The summed E-state index contributed by atoms with van der Waals surface area (Å²) in [5.41, 5.74) is 1.05. The molecule has 1 fully saturated rings. The molecule has 0 amide bonds. The van der Waals surface area contributed by atoms with Crippen LogP contribution in [0.25, 0.3) is 0 Å². The van der Waals surface area contributed by atoms with E-state index in [2.05, 4.69) is 19.6 Å². The van der Waals surface area contributed by atoms with Crippen LogP contribution in [0.2, 0.25) is 0 Å². The Morgan fingerprint density at radius 1 is 1.32 bits per heavy atom. The van der Waals surface area contributed by atoms with E-state index >= 15 is 0 Å². The number of hydrogen-bond acceptors (Lipinski definition) is 3. The lowest BCUT2D eigenvalue weighted by molar-refractivity contribution is -0.137. The molecule has 0 radical (unpaired) electrons. The summed E-state index contributed by atoms with van der Waals surface area (Å²) >= 11 is 0. The van der Waals surface area contributed by atoms with Gasteiger partial charge in [-0.3, -0.25) is 4.79 Å². The molecule has 1 aliphatic rings. The van der Waals surface area contributed by atoms with Gasteiger partial charge in [0.15, 0.2) is 0 Å². The summed E-state index contributed by atoms with van der Waals surface area (Å²) in [6, 6.07) is 0. The number of rotatable bonds is 12. The molecule has 0 aromatic carbocycles. The van der Waals surface area contributed by atoms with Crippen molar-refractivity contribution in [3.63, 3.8) is 0 Å². The van der Waals surface area contributed by atoms with Crippen molar-refractivity contribution in [1.82, 2.24) is 0 Å². The molecule has 0 aromatic heterocycles. The molecule has 4 heteroatoms. The SMILES string of the molecule is C=C1CC(O)[C@H](/C=C/C(O)CCCCC)C1C/C=C\CCCC(=O)O. The molecule has 142 valence electrons. The number of unbranched alkanes of at least 4 members (excludes halogenated alkanes) is 3. The maximum Gasteiger partial charge on any atom is 0.303 e. The average molecular weight is 350 g/mol. The minimum atomic E-state index is -0.761. The number of carboxylic acids is 1. The summed E-state index contributed by atoms with van der Waals surface area (Å²) in [6.07, 6.45) is 14.0. The van der Waals surface area contributed by atoms with Crippen molar-refractivity contribution in [1.29, 1.82) is 0 Å². The van der Waals surface area contributed by atoms with Crippen LogP contribution in [-0.2, 0) is 4.79 Å². The first-order valence-corrected chi connectivity index (χ1v) is 9.54. The molecular weight excluding hydrogens is 316 g/mol. The van der Waals surface area contributed by atoms with Crippen molar-refractivity contribution in [3.8, 4) is 0 Å². The first-order chi connectivity index (χ1) is 12.0. The standard InChI is InChI=1S/C21H34O4/c1-3-4-7-10-17(22)13-14-19-18(16(2)15-20(19)23)11-8-5-6-9-12-21(24)25/h5,8,13-14,17-20,22-23H,2-4,6-7,9-12,15H2,1H3,(H,24,25)/b8-5-,14-13+/t17?,18?,19-,20?/m1/s1. The topological polar surface area (TPSA) is 77.8 Å². The van der Waals surface area contributed by atoms with Crippen LogP contribution in [-0.4, -0.2) is 33.5 Å². The van der Waals surface area contributed by atoms with Crippen molar-refractivity contribution in [3.05, 3.63) is 36.5 Å². The van der Waals surface area contributed by atoms with Gasteiger partial charge >= 0.3 is 5.97 Å². The fraction of sp³-hybridized carbons (Fsp3) is 0.667. The predicted molar refractivity (Wildman–Crippen MR) is 101 cm³/mol. The second kappa shape index (κ2) is 12.0. The van der Waals surface area contributed by atoms with Gasteiger partial charge in [-0.2, -0.15) is 0 Å². The number of aliphatic carboxylic acids is 1. The predicted octanol–water partition coefficient (Wildman–Crippen LogP) is 4.24. The Morgan fingerprint density at radius 3 is 2.76 bits per heavy atom. The highest BCUT2D eigenvalue weighted by molar-refractivity contribution is 5.66. The van der Waals surface area contributed by atoms with E-state index < -0.39 is 18.2 Å². The van der Waals surface area contributed by atoms with Crippen LogP contribution >= 0.6 is 0 Å². The molecule has 3 N–H and O–H groups in total. The van der Waals surface area contributed by atoms with Crippen LogP contribution in [0, 0.1) is 11.8 Å². The van der Waals surface area contributed by atoms with Crippen molar-refractivity contribution in [2.24, 2.45) is 11.8 Å². The molecule has 0 aromatic rings. The number of aliphatic hydroxyl groups excluding tert-OH is 2. The Hall–Kier alpha value is -1.39. The Morgan fingerprint density at radius 2 is 2.08 bits per heavy atom. The Kier molecular flexibility index (Phi) is 10.4. The van der Waals surface area contributed by atoms with Gasteiger partial charge in [-0.15, -0.1) is 0 Å². The van der Waals surface area contributed by atoms with Crippen LogP contribution in [0.5, 0.6) is 0 Å². The molecule has 0 bridgehead atoms. The van der Waals surface area contributed by atoms with Gasteiger partial charge < -0.3 is 15.3 Å². The molecule has 0 spiro atoms.